The highest BCUT2D eigenvalue weighted by Gasteiger charge is 2.00. The van der Waals surface area contributed by atoms with Crippen molar-refractivity contribution in [1.82, 2.24) is 20.2 Å². The lowest BCUT2D eigenvalue weighted by Crippen LogP contribution is -2.37. The van der Waals surface area contributed by atoms with Crippen molar-refractivity contribution in [2.24, 2.45) is 4.99 Å². The summed E-state index contributed by atoms with van der Waals surface area (Å²) < 4.78 is 7.63. The second kappa shape index (κ2) is 14.4. The topological polar surface area (TPSA) is 63.5 Å². The van der Waals surface area contributed by atoms with Crippen molar-refractivity contribution in [3.8, 4) is 0 Å². The quantitative estimate of drug-likeness (QED) is 0.222. The lowest BCUT2D eigenvalue weighted by molar-refractivity contribution is 0.129. The van der Waals surface area contributed by atoms with Crippen LogP contribution in [0.25, 0.3) is 0 Å². The minimum Gasteiger partial charge on any atom is -0.381 e. The molecule has 0 aliphatic heterocycles. The lowest BCUT2D eigenvalue weighted by Gasteiger charge is -2.13. The second-order valence-corrected chi connectivity index (χ2v) is 6.23. The number of nitrogens with one attached hydrogen (secondary N) is 2. The van der Waals surface area contributed by atoms with Crippen molar-refractivity contribution >= 4 is 29.9 Å². The molecule has 2 rings (SSSR count). The number of ether oxygens (including phenoxy) is 1. The van der Waals surface area contributed by atoms with E-state index in [9.17, 15) is 0 Å². The summed E-state index contributed by atoms with van der Waals surface area (Å²) in [6, 6.07) is 8.56. The van der Waals surface area contributed by atoms with Gasteiger partial charge in [-0.25, -0.2) is 4.98 Å². The van der Waals surface area contributed by atoms with Gasteiger partial charge in [0.05, 0.1) is 6.33 Å². The molecule has 0 saturated carbocycles. The molecule has 0 bridgehead atoms. The van der Waals surface area contributed by atoms with Gasteiger partial charge in [-0.2, -0.15) is 0 Å². The molecule has 0 fully saturated rings. The van der Waals surface area contributed by atoms with Gasteiger partial charge >= 0.3 is 0 Å². The van der Waals surface area contributed by atoms with Crippen LogP contribution < -0.4 is 10.6 Å². The zero-order valence-corrected chi connectivity index (χ0v) is 18.7. The summed E-state index contributed by atoms with van der Waals surface area (Å²) in [6.45, 7) is 6.25. The van der Waals surface area contributed by atoms with Gasteiger partial charge < -0.3 is 19.9 Å². The van der Waals surface area contributed by atoms with E-state index in [0.717, 1.165) is 51.6 Å². The summed E-state index contributed by atoms with van der Waals surface area (Å²) in [7, 11) is 1.79. The molecule has 0 aliphatic carbocycles. The molecule has 2 N–H and O–H groups in total. The van der Waals surface area contributed by atoms with Crippen LogP contribution in [0.3, 0.4) is 0 Å². The Balaban J connectivity index is 0.00000364. The number of aromatic nitrogens is 2. The molecule has 0 amide bonds. The van der Waals surface area contributed by atoms with Gasteiger partial charge in [0.25, 0.3) is 0 Å². The molecule has 0 unspecified atom stereocenters. The van der Waals surface area contributed by atoms with E-state index < -0.39 is 0 Å². The van der Waals surface area contributed by atoms with Crippen LogP contribution in [0.15, 0.2) is 48.0 Å². The number of halogens is 1. The van der Waals surface area contributed by atoms with Gasteiger partial charge in [-0.1, -0.05) is 37.6 Å². The first-order valence-electron chi connectivity index (χ1n) is 9.37. The first-order valence-corrected chi connectivity index (χ1v) is 9.37. The van der Waals surface area contributed by atoms with E-state index in [4.69, 9.17) is 4.74 Å². The number of benzene rings is 1. The molecule has 6 nitrogen and oxygen atoms in total. The molecule has 0 radical (unpaired) electrons. The Morgan fingerprint density at radius 1 is 1.19 bits per heavy atom. The number of imidazole rings is 1. The minimum atomic E-state index is 0. The summed E-state index contributed by atoms with van der Waals surface area (Å²) >= 11 is 0. The predicted molar refractivity (Wildman–Crippen MR) is 122 cm³/mol. The Bertz CT molecular complexity index is 646. The molecule has 150 valence electrons. The minimum absolute atomic E-state index is 0. The molecule has 0 saturated heterocycles. The molecule has 27 heavy (non-hydrogen) atoms. The van der Waals surface area contributed by atoms with Gasteiger partial charge in [0.1, 0.15) is 0 Å². The van der Waals surface area contributed by atoms with Crippen LogP contribution in [0.2, 0.25) is 0 Å². The van der Waals surface area contributed by atoms with E-state index >= 15 is 0 Å². The molecular weight excluding hydrogens is 453 g/mol. The maximum absolute atomic E-state index is 5.57. The molecule has 1 heterocycles. The fourth-order valence-electron chi connectivity index (χ4n) is 2.56. The highest BCUT2D eigenvalue weighted by molar-refractivity contribution is 14.0. The monoisotopic (exact) mass is 485 g/mol. The van der Waals surface area contributed by atoms with Crippen molar-refractivity contribution in [3.63, 3.8) is 0 Å². The van der Waals surface area contributed by atoms with Gasteiger partial charge in [-0.15, -0.1) is 24.0 Å². The van der Waals surface area contributed by atoms with E-state index in [-0.39, 0.29) is 24.0 Å². The Hall–Kier alpha value is -1.61. The lowest BCUT2D eigenvalue weighted by atomic mass is 10.1. The van der Waals surface area contributed by atoms with Crippen molar-refractivity contribution in [2.45, 2.75) is 39.3 Å². The van der Waals surface area contributed by atoms with Crippen LogP contribution in [-0.4, -0.2) is 42.3 Å². The van der Waals surface area contributed by atoms with E-state index in [0.29, 0.717) is 0 Å². The summed E-state index contributed by atoms with van der Waals surface area (Å²) in [5, 5.41) is 6.69. The number of rotatable bonds is 11. The third-order valence-corrected chi connectivity index (χ3v) is 4.00. The number of hydrogen-bond acceptors (Lipinski definition) is 3. The van der Waals surface area contributed by atoms with Crippen LogP contribution in [0.4, 0.5) is 0 Å². The van der Waals surface area contributed by atoms with Gasteiger partial charge in [-0.3, -0.25) is 4.99 Å². The highest BCUT2D eigenvalue weighted by Crippen LogP contribution is 2.07. The average molecular weight is 485 g/mol. The maximum atomic E-state index is 5.57. The van der Waals surface area contributed by atoms with Gasteiger partial charge in [0, 0.05) is 52.3 Å². The zero-order chi connectivity index (χ0) is 18.5. The molecule has 0 atom stereocenters. The van der Waals surface area contributed by atoms with Crippen LogP contribution in [0.1, 0.15) is 37.3 Å². The Morgan fingerprint density at radius 2 is 2.00 bits per heavy atom. The third-order valence-electron chi connectivity index (χ3n) is 4.00. The van der Waals surface area contributed by atoms with E-state index in [2.05, 4.69) is 56.4 Å². The number of nitrogens with zero attached hydrogens (tertiary/aromatic N) is 3. The highest BCUT2D eigenvalue weighted by atomic mass is 127. The van der Waals surface area contributed by atoms with Gasteiger partial charge in [0.15, 0.2) is 5.96 Å². The zero-order valence-electron chi connectivity index (χ0n) is 16.4. The molecule has 0 spiro atoms. The van der Waals surface area contributed by atoms with Crippen LogP contribution in [0, 0.1) is 0 Å². The van der Waals surface area contributed by atoms with Crippen molar-refractivity contribution in [1.29, 1.82) is 0 Å². The first-order chi connectivity index (χ1) is 12.8. The number of guanidine groups is 1. The third kappa shape index (κ3) is 9.76. The summed E-state index contributed by atoms with van der Waals surface area (Å²) in [5.41, 5.74) is 2.49. The Morgan fingerprint density at radius 3 is 2.74 bits per heavy atom. The van der Waals surface area contributed by atoms with Crippen LogP contribution in [-0.2, 0) is 17.8 Å². The van der Waals surface area contributed by atoms with Crippen LogP contribution >= 0.6 is 24.0 Å². The molecule has 0 aliphatic rings. The van der Waals surface area contributed by atoms with Gasteiger partial charge in [0.2, 0.25) is 0 Å². The van der Waals surface area contributed by atoms with Crippen LogP contribution in [0.5, 0.6) is 0 Å². The molecule has 7 heteroatoms. The summed E-state index contributed by atoms with van der Waals surface area (Å²) in [5.74, 6) is 0.818. The fraction of sp³-hybridized carbons (Fsp3) is 0.500. The summed E-state index contributed by atoms with van der Waals surface area (Å²) in [6.07, 6.45) is 8.90. The smallest absolute Gasteiger partial charge is 0.191 e. The molecule has 2 aromatic rings. The Labute approximate surface area is 179 Å². The van der Waals surface area contributed by atoms with Crippen molar-refractivity contribution in [2.75, 3.05) is 26.8 Å². The Kier molecular flexibility index (Phi) is 12.5. The largest absolute Gasteiger partial charge is 0.381 e. The standard InChI is InChI=1S/C20H31N5O.HI/c1-3-4-12-26-13-6-9-23-20(21-2)24-15-18-7-5-8-19(14-18)16-25-11-10-22-17-25;/h5,7-8,10-11,14,17H,3-4,6,9,12-13,15-16H2,1-2H3,(H2,21,23,24);1H. The van der Waals surface area contributed by atoms with Crippen molar-refractivity contribution < 1.29 is 4.74 Å². The number of unbranched alkanes of at least 4 members (excludes halogenated alkanes) is 1. The van der Waals surface area contributed by atoms with E-state index in [1.165, 1.54) is 17.5 Å². The summed E-state index contributed by atoms with van der Waals surface area (Å²) in [4.78, 5) is 8.36. The maximum Gasteiger partial charge on any atom is 0.191 e. The van der Waals surface area contributed by atoms with Crippen molar-refractivity contribution in [3.05, 3.63) is 54.1 Å². The normalized spacial score (nSPS) is 11.1. The fourth-order valence-corrected chi connectivity index (χ4v) is 2.56. The molecule has 1 aromatic heterocycles. The van der Waals surface area contributed by atoms with E-state index in [1.54, 1.807) is 13.2 Å². The average Bonchev–Trinajstić information content (AvgIpc) is 3.17. The number of aliphatic imine (C=N–C) groups is 1. The van der Waals surface area contributed by atoms with Gasteiger partial charge in [-0.05, 0) is 24.0 Å². The SMILES string of the molecule is CCCCOCCCNC(=NC)NCc1cccc(Cn2ccnc2)c1.I. The number of hydrogen-bond donors (Lipinski definition) is 2. The second-order valence-electron chi connectivity index (χ2n) is 6.23. The molecular formula is C20H32IN5O. The van der Waals surface area contributed by atoms with E-state index in [1.807, 2.05) is 12.5 Å². The predicted octanol–water partition coefficient (Wildman–Crippen LogP) is 3.42. The first kappa shape index (κ1) is 23.4. The molecule has 1 aromatic carbocycles.